The van der Waals surface area contributed by atoms with E-state index >= 15 is 0 Å². The van der Waals surface area contributed by atoms with E-state index in [2.05, 4.69) is 25.1 Å². The number of hydrogen-bond donors (Lipinski definition) is 2. The molecular weight excluding hydrogens is 210 g/mol. The topological polar surface area (TPSA) is 46.2 Å². The molecule has 0 aliphatic rings. The highest BCUT2D eigenvalue weighted by Gasteiger charge is 2.04. The molecule has 0 aromatic heterocycles. The third-order valence-corrected chi connectivity index (χ3v) is 2.87. The van der Waals surface area contributed by atoms with Gasteiger partial charge in [0, 0.05) is 6.54 Å². The third-order valence-electron chi connectivity index (χ3n) is 2.87. The number of nitrogens with two attached hydrogens (primary N) is 1. The van der Waals surface area contributed by atoms with Crippen LogP contribution in [0.3, 0.4) is 0 Å². The highest BCUT2D eigenvalue weighted by atomic mass is 16.3. The maximum Gasteiger partial charge on any atom is 0.0912 e. The number of aliphatic hydroxyl groups is 1. The second-order valence-corrected chi connectivity index (χ2v) is 4.24. The van der Waals surface area contributed by atoms with Crippen LogP contribution in [0.15, 0.2) is 48.5 Å². The zero-order valence-corrected chi connectivity index (χ0v) is 9.93. The number of benzene rings is 2. The van der Waals surface area contributed by atoms with Gasteiger partial charge >= 0.3 is 0 Å². The van der Waals surface area contributed by atoms with Crippen molar-refractivity contribution in [1.29, 1.82) is 0 Å². The fourth-order valence-corrected chi connectivity index (χ4v) is 1.86. The molecule has 0 aliphatic carbocycles. The summed E-state index contributed by atoms with van der Waals surface area (Å²) in [5, 5.41) is 9.61. The van der Waals surface area contributed by atoms with Gasteiger partial charge in [-0.3, -0.25) is 0 Å². The molecule has 0 saturated carbocycles. The minimum absolute atomic E-state index is 0.254. The van der Waals surface area contributed by atoms with Crippen LogP contribution in [-0.2, 0) is 0 Å². The lowest BCUT2D eigenvalue weighted by Gasteiger charge is -2.09. The minimum atomic E-state index is -0.568. The van der Waals surface area contributed by atoms with Gasteiger partial charge in [0.1, 0.15) is 0 Å². The van der Waals surface area contributed by atoms with Crippen LogP contribution in [0, 0.1) is 6.92 Å². The monoisotopic (exact) mass is 227 g/mol. The van der Waals surface area contributed by atoms with Crippen molar-refractivity contribution in [2.75, 3.05) is 6.54 Å². The van der Waals surface area contributed by atoms with Crippen LogP contribution in [-0.4, -0.2) is 11.7 Å². The van der Waals surface area contributed by atoms with E-state index in [1.165, 1.54) is 11.1 Å². The smallest absolute Gasteiger partial charge is 0.0912 e. The average molecular weight is 227 g/mol. The van der Waals surface area contributed by atoms with Gasteiger partial charge in [0.2, 0.25) is 0 Å². The van der Waals surface area contributed by atoms with Crippen LogP contribution >= 0.6 is 0 Å². The molecule has 17 heavy (non-hydrogen) atoms. The summed E-state index contributed by atoms with van der Waals surface area (Å²) in [6, 6.07) is 16.2. The van der Waals surface area contributed by atoms with Gasteiger partial charge in [-0.15, -0.1) is 0 Å². The summed E-state index contributed by atoms with van der Waals surface area (Å²) < 4.78 is 0. The molecule has 0 fully saturated rings. The number of aryl methyl sites for hydroxylation is 1. The third kappa shape index (κ3) is 2.73. The van der Waals surface area contributed by atoms with E-state index in [4.69, 9.17) is 5.73 Å². The summed E-state index contributed by atoms with van der Waals surface area (Å²) in [4.78, 5) is 0. The van der Waals surface area contributed by atoms with E-state index in [1.807, 2.05) is 30.3 Å². The van der Waals surface area contributed by atoms with E-state index in [0.717, 1.165) is 11.1 Å². The number of rotatable bonds is 3. The molecule has 2 heteroatoms. The second kappa shape index (κ2) is 5.13. The molecule has 0 amide bonds. The quantitative estimate of drug-likeness (QED) is 0.846. The van der Waals surface area contributed by atoms with Gasteiger partial charge in [-0.25, -0.2) is 0 Å². The van der Waals surface area contributed by atoms with Crippen LogP contribution in [0.25, 0.3) is 11.1 Å². The van der Waals surface area contributed by atoms with Gasteiger partial charge < -0.3 is 10.8 Å². The van der Waals surface area contributed by atoms with Gasteiger partial charge in [0.15, 0.2) is 0 Å². The van der Waals surface area contributed by atoms with Crippen molar-refractivity contribution in [3.05, 3.63) is 59.7 Å². The Kier molecular flexibility index (Phi) is 3.57. The Hall–Kier alpha value is -1.64. The standard InChI is InChI=1S/C15H17NO/c1-11-3-2-4-14(9-11)12-5-7-13(8-6-12)15(17)10-16/h2-9,15,17H,10,16H2,1H3. The molecule has 0 radical (unpaired) electrons. The van der Waals surface area contributed by atoms with Crippen molar-refractivity contribution in [3.8, 4) is 11.1 Å². The fraction of sp³-hybridized carbons (Fsp3) is 0.200. The van der Waals surface area contributed by atoms with Gasteiger partial charge in [0.05, 0.1) is 6.10 Å². The van der Waals surface area contributed by atoms with E-state index in [9.17, 15) is 5.11 Å². The summed E-state index contributed by atoms with van der Waals surface area (Å²) in [7, 11) is 0. The molecule has 2 rings (SSSR count). The summed E-state index contributed by atoms with van der Waals surface area (Å²) in [5.41, 5.74) is 9.88. The fourth-order valence-electron chi connectivity index (χ4n) is 1.86. The van der Waals surface area contributed by atoms with Crippen LogP contribution in [0.4, 0.5) is 0 Å². The van der Waals surface area contributed by atoms with Gasteiger partial charge in [0.25, 0.3) is 0 Å². The Morgan fingerprint density at radius 2 is 1.76 bits per heavy atom. The molecule has 0 aliphatic heterocycles. The molecular formula is C15H17NO. The van der Waals surface area contributed by atoms with Crippen molar-refractivity contribution in [2.45, 2.75) is 13.0 Å². The first kappa shape index (κ1) is 11.8. The van der Waals surface area contributed by atoms with Crippen molar-refractivity contribution >= 4 is 0 Å². The molecule has 1 atom stereocenters. The summed E-state index contributed by atoms with van der Waals surface area (Å²) in [6.07, 6.45) is -0.568. The van der Waals surface area contributed by atoms with Gasteiger partial charge in [-0.1, -0.05) is 54.1 Å². The zero-order valence-electron chi connectivity index (χ0n) is 9.93. The van der Waals surface area contributed by atoms with Crippen molar-refractivity contribution < 1.29 is 5.11 Å². The molecule has 1 unspecified atom stereocenters. The molecule has 2 aromatic rings. The first-order valence-electron chi connectivity index (χ1n) is 5.76. The lowest BCUT2D eigenvalue weighted by atomic mass is 10.0. The summed E-state index contributed by atoms with van der Waals surface area (Å²) >= 11 is 0. The predicted molar refractivity (Wildman–Crippen MR) is 70.6 cm³/mol. The van der Waals surface area contributed by atoms with Gasteiger partial charge in [-0.2, -0.15) is 0 Å². The van der Waals surface area contributed by atoms with Gasteiger partial charge in [-0.05, 0) is 23.6 Å². The molecule has 0 spiro atoms. The number of hydrogen-bond acceptors (Lipinski definition) is 2. The normalized spacial score (nSPS) is 12.4. The summed E-state index contributed by atoms with van der Waals surface area (Å²) in [5.74, 6) is 0. The molecule has 0 heterocycles. The maximum atomic E-state index is 9.61. The Balaban J connectivity index is 2.29. The first-order chi connectivity index (χ1) is 8.20. The van der Waals surface area contributed by atoms with E-state index in [0.29, 0.717) is 0 Å². The van der Waals surface area contributed by atoms with Crippen molar-refractivity contribution in [2.24, 2.45) is 5.73 Å². The minimum Gasteiger partial charge on any atom is -0.387 e. The maximum absolute atomic E-state index is 9.61. The largest absolute Gasteiger partial charge is 0.387 e. The first-order valence-corrected chi connectivity index (χ1v) is 5.76. The lowest BCUT2D eigenvalue weighted by Crippen LogP contribution is -2.11. The Morgan fingerprint density at radius 3 is 2.35 bits per heavy atom. The van der Waals surface area contributed by atoms with Crippen LogP contribution in [0.5, 0.6) is 0 Å². The van der Waals surface area contributed by atoms with E-state index < -0.39 is 6.10 Å². The van der Waals surface area contributed by atoms with Crippen LogP contribution in [0.2, 0.25) is 0 Å². The number of aliphatic hydroxyl groups excluding tert-OH is 1. The molecule has 2 nitrogen and oxygen atoms in total. The lowest BCUT2D eigenvalue weighted by molar-refractivity contribution is 0.187. The Bertz CT molecular complexity index is 491. The van der Waals surface area contributed by atoms with E-state index in [1.54, 1.807) is 0 Å². The molecule has 0 bridgehead atoms. The zero-order chi connectivity index (χ0) is 12.3. The molecule has 3 N–H and O–H groups in total. The predicted octanol–water partition coefficient (Wildman–Crippen LogP) is 2.65. The van der Waals surface area contributed by atoms with E-state index in [-0.39, 0.29) is 6.54 Å². The Morgan fingerprint density at radius 1 is 1.06 bits per heavy atom. The average Bonchev–Trinajstić information content (AvgIpc) is 2.38. The summed E-state index contributed by atoms with van der Waals surface area (Å²) in [6.45, 7) is 2.33. The van der Waals surface area contributed by atoms with Crippen LogP contribution in [0.1, 0.15) is 17.2 Å². The van der Waals surface area contributed by atoms with Crippen LogP contribution < -0.4 is 5.73 Å². The molecule has 88 valence electrons. The SMILES string of the molecule is Cc1cccc(-c2ccc(C(O)CN)cc2)c1. The molecule has 0 saturated heterocycles. The highest BCUT2D eigenvalue weighted by Crippen LogP contribution is 2.22. The highest BCUT2D eigenvalue weighted by molar-refractivity contribution is 5.64. The molecule has 2 aromatic carbocycles. The Labute approximate surface area is 102 Å². The second-order valence-electron chi connectivity index (χ2n) is 4.24. The van der Waals surface area contributed by atoms with Crippen molar-refractivity contribution in [1.82, 2.24) is 0 Å². The van der Waals surface area contributed by atoms with Crippen molar-refractivity contribution in [3.63, 3.8) is 0 Å².